The lowest BCUT2D eigenvalue weighted by atomic mass is 9.59. The molecule has 0 radical (unpaired) electrons. The fourth-order valence-corrected chi connectivity index (χ4v) is 3.24. The Morgan fingerprint density at radius 2 is 1.93 bits per heavy atom. The molecule has 1 saturated carbocycles. The molecule has 2 fully saturated rings. The second-order valence-corrected chi connectivity index (χ2v) is 5.79. The van der Waals surface area contributed by atoms with Gasteiger partial charge in [0, 0.05) is 21.1 Å². The van der Waals surface area contributed by atoms with Crippen LogP contribution in [0.15, 0.2) is 4.99 Å². The van der Waals surface area contributed by atoms with Crippen LogP contribution in [0.2, 0.25) is 5.31 Å². The highest BCUT2D eigenvalue weighted by Crippen LogP contribution is 2.44. The van der Waals surface area contributed by atoms with E-state index in [2.05, 4.69) is 43.7 Å². The molecular formula is C11H22BN3. The summed E-state index contributed by atoms with van der Waals surface area (Å²) in [6.45, 7) is 2.39. The van der Waals surface area contributed by atoms with E-state index in [4.69, 9.17) is 0 Å². The minimum atomic E-state index is 0.499. The first-order valence-electron chi connectivity index (χ1n) is 5.89. The summed E-state index contributed by atoms with van der Waals surface area (Å²) in [5.41, 5.74) is 0. The first-order valence-corrected chi connectivity index (χ1v) is 5.89. The summed E-state index contributed by atoms with van der Waals surface area (Å²) in [5.74, 6) is 1.16. The molecule has 0 bridgehead atoms. The number of rotatable bonds is 0. The number of aliphatic imine (C=N–C) groups is 1. The van der Waals surface area contributed by atoms with E-state index in [1.54, 1.807) is 0 Å². The van der Waals surface area contributed by atoms with Crippen molar-refractivity contribution in [3.8, 4) is 0 Å². The van der Waals surface area contributed by atoms with Crippen LogP contribution in [0.1, 0.15) is 26.2 Å². The van der Waals surface area contributed by atoms with E-state index >= 15 is 0 Å². The number of guanidine groups is 1. The monoisotopic (exact) mass is 207 g/mol. The summed E-state index contributed by atoms with van der Waals surface area (Å²) in [6.07, 6.45) is 3.93. The van der Waals surface area contributed by atoms with Crippen LogP contribution in [0.25, 0.3) is 0 Å². The fraction of sp³-hybridized carbons (Fsp3) is 0.909. The summed E-state index contributed by atoms with van der Waals surface area (Å²) in [5, 5.41) is 0.499. The third-order valence-corrected chi connectivity index (χ3v) is 4.15. The second-order valence-electron chi connectivity index (χ2n) is 5.79. The number of hydrogen-bond donors (Lipinski definition) is 0. The Morgan fingerprint density at radius 3 is 2.53 bits per heavy atom. The van der Waals surface area contributed by atoms with Crippen molar-refractivity contribution in [3.63, 3.8) is 0 Å². The number of likely N-dealkylation sites (N-methyl/N-ethyl adjacent to an activating group) is 2. The van der Waals surface area contributed by atoms with Gasteiger partial charge in [-0.3, -0.25) is 4.99 Å². The normalized spacial score (nSPS) is 43.6. The quantitative estimate of drug-likeness (QED) is 0.541. The predicted octanol–water partition coefficient (Wildman–Crippen LogP) is 0.582. The van der Waals surface area contributed by atoms with Crippen molar-refractivity contribution in [2.24, 2.45) is 4.99 Å². The zero-order valence-corrected chi connectivity index (χ0v) is 10.6. The van der Waals surface area contributed by atoms with Gasteiger partial charge in [0.15, 0.2) is 5.96 Å². The van der Waals surface area contributed by atoms with Crippen molar-refractivity contribution in [2.45, 2.75) is 43.6 Å². The minimum absolute atomic E-state index is 0.499. The Bertz CT molecular complexity index is 288. The highest BCUT2D eigenvalue weighted by Gasteiger charge is 2.45. The van der Waals surface area contributed by atoms with Crippen LogP contribution >= 0.6 is 0 Å². The molecule has 0 aromatic rings. The third kappa shape index (κ3) is 1.64. The molecule has 0 N–H and O–H groups in total. The van der Waals surface area contributed by atoms with Gasteiger partial charge in [0.1, 0.15) is 7.85 Å². The van der Waals surface area contributed by atoms with Gasteiger partial charge in [0.25, 0.3) is 0 Å². The average molecular weight is 207 g/mol. The highest BCUT2D eigenvalue weighted by molar-refractivity contribution is 6.15. The van der Waals surface area contributed by atoms with Gasteiger partial charge in [0.2, 0.25) is 0 Å². The van der Waals surface area contributed by atoms with Crippen molar-refractivity contribution in [1.82, 2.24) is 9.80 Å². The number of fused-ring (bicyclic) bond motifs is 1. The molecule has 84 valence electrons. The molecule has 3 unspecified atom stereocenters. The van der Waals surface area contributed by atoms with Gasteiger partial charge in [-0.1, -0.05) is 18.7 Å². The van der Waals surface area contributed by atoms with E-state index in [0.29, 0.717) is 17.4 Å². The van der Waals surface area contributed by atoms with Crippen molar-refractivity contribution in [1.29, 1.82) is 0 Å². The van der Waals surface area contributed by atoms with Crippen LogP contribution in [-0.4, -0.2) is 56.8 Å². The van der Waals surface area contributed by atoms with E-state index in [1.807, 2.05) is 7.05 Å². The molecule has 0 aromatic carbocycles. The van der Waals surface area contributed by atoms with E-state index in [0.717, 1.165) is 5.96 Å². The molecule has 0 spiro atoms. The van der Waals surface area contributed by atoms with Crippen LogP contribution in [-0.2, 0) is 0 Å². The maximum absolute atomic E-state index is 4.39. The van der Waals surface area contributed by atoms with Crippen LogP contribution in [0, 0.1) is 0 Å². The van der Waals surface area contributed by atoms with Crippen LogP contribution in [0.3, 0.4) is 0 Å². The topological polar surface area (TPSA) is 18.8 Å². The number of hydrogen-bond acceptors (Lipinski definition) is 1. The zero-order chi connectivity index (χ0) is 11.2. The molecule has 4 heteroatoms. The molecule has 0 aromatic heterocycles. The Balaban J connectivity index is 2.23. The molecule has 1 saturated heterocycles. The minimum Gasteiger partial charge on any atom is -0.341 e. The number of nitrogens with zero attached hydrogens (tertiary/aromatic N) is 3. The van der Waals surface area contributed by atoms with E-state index in [1.165, 1.54) is 19.3 Å². The first kappa shape index (κ1) is 10.8. The van der Waals surface area contributed by atoms with Crippen molar-refractivity contribution >= 4 is 13.8 Å². The fourth-order valence-electron chi connectivity index (χ4n) is 3.24. The van der Waals surface area contributed by atoms with Gasteiger partial charge in [-0.2, -0.15) is 0 Å². The van der Waals surface area contributed by atoms with Gasteiger partial charge in [0.05, 0.1) is 12.1 Å². The molecule has 1 aliphatic heterocycles. The van der Waals surface area contributed by atoms with Gasteiger partial charge in [-0.25, -0.2) is 0 Å². The van der Waals surface area contributed by atoms with E-state index in [9.17, 15) is 0 Å². The SMILES string of the molecule is BC1(C)CCC2C(C1)N(C)/C(=N/C)N2C. The Morgan fingerprint density at radius 1 is 1.33 bits per heavy atom. The van der Waals surface area contributed by atoms with Crippen LogP contribution in [0.5, 0.6) is 0 Å². The summed E-state index contributed by atoms with van der Waals surface area (Å²) in [4.78, 5) is 9.12. The lowest BCUT2D eigenvalue weighted by Gasteiger charge is -2.39. The van der Waals surface area contributed by atoms with E-state index in [-0.39, 0.29) is 0 Å². The first-order chi connectivity index (χ1) is 6.96. The molecular weight excluding hydrogens is 185 g/mol. The molecule has 15 heavy (non-hydrogen) atoms. The predicted molar refractivity (Wildman–Crippen MR) is 67.2 cm³/mol. The zero-order valence-electron chi connectivity index (χ0n) is 10.6. The Hall–Kier alpha value is -0.665. The average Bonchev–Trinajstić information content (AvgIpc) is 2.38. The molecule has 3 nitrogen and oxygen atoms in total. The third-order valence-electron chi connectivity index (χ3n) is 4.15. The standard InChI is InChI=1S/C11H22BN3/c1-11(12)6-5-8-9(7-11)15(4)10(13-2)14(8)3/h8-9H,5-7,12H2,1-4H3/b13-10+. The molecule has 1 aliphatic carbocycles. The van der Waals surface area contributed by atoms with Crippen LogP contribution < -0.4 is 0 Å². The summed E-state index contributed by atoms with van der Waals surface area (Å²) >= 11 is 0. The maximum atomic E-state index is 4.39. The van der Waals surface area contributed by atoms with Crippen molar-refractivity contribution < 1.29 is 0 Å². The smallest absolute Gasteiger partial charge is 0.196 e. The van der Waals surface area contributed by atoms with Crippen molar-refractivity contribution in [2.75, 3.05) is 21.1 Å². The lowest BCUT2D eigenvalue weighted by molar-refractivity contribution is 0.201. The van der Waals surface area contributed by atoms with Crippen LogP contribution in [0.4, 0.5) is 0 Å². The molecule has 2 aliphatic rings. The molecule has 0 amide bonds. The molecule has 1 heterocycles. The van der Waals surface area contributed by atoms with Gasteiger partial charge < -0.3 is 9.80 Å². The molecule has 2 rings (SSSR count). The lowest BCUT2D eigenvalue weighted by Crippen LogP contribution is -2.42. The second kappa shape index (κ2) is 3.43. The highest BCUT2D eigenvalue weighted by atomic mass is 15.4. The van der Waals surface area contributed by atoms with Gasteiger partial charge in [-0.15, -0.1) is 0 Å². The van der Waals surface area contributed by atoms with E-state index < -0.39 is 0 Å². The molecule has 3 atom stereocenters. The summed E-state index contributed by atoms with van der Waals surface area (Å²) in [7, 11) is 8.65. The maximum Gasteiger partial charge on any atom is 0.196 e. The largest absolute Gasteiger partial charge is 0.341 e. The van der Waals surface area contributed by atoms with Crippen molar-refractivity contribution in [3.05, 3.63) is 0 Å². The Labute approximate surface area is 93.9 Å². The Kier molecular flexibility index (Phi) is 2.48. The van der Waals surface area contributed by atoms with Gasteiger partial charge in [-0.05, 0) is 12.8 Å². The summed E-state index contributed by atoms with van der Waals surface area (Å²) in [6, 6.07) is 1.35. The summed E-state index contributed by atoms with van der Waals surface area (Å²) < 4.78 is 0. The van der Waals surface area contributed by atoms with Gasteiger partial charge >= 0.3 is 0 Å².